The minimum Gasteiger partial charge on any atom is -0.493 e. The van der Waals surface area contributed by atoms with Gasteiger partial charge in [-0.2, -0.15) is 5.10 Å². The van der Waals surface area contributed by atoms with E-state index < -0.39 is 0 Å². The zero-order chi connectivity index (χ0) is 25.7. The normalized spacial score (nSPS) is 18.3. The summed E-state index contributed by atoms with van der Waals surface area (Å²) in [5.74, 6) is 0.717. The Bertz CT molecular complexity index is 1040. The molecule has 2 amide bonds. The van der Waals surface area contributed by atoms with Gasteiger partial charge in [-0.05, 0) is 50.6 Å². The fraction of sp³-hybridized carbons (Fsp3) is 0.577. The van der Waals surface area contributed by atoms with Crippen LogP contribution in [0.4, 0.5) is 0 Å². The number of aromatic nitrogens is 2. The highest BCUT2D eigenvalue weighted by molar-refractivity contribution is 6.33. The highest BCUT2D eigenvalue weighted by Crippen LogP contribution is 2.37. The number of carbonyl (C=O) groups is 2. The van der Waals surface area contributed by atoms with Crippen LogP contribution in [0.5, 0.6) is 5.75 Å². The number of hydrogen-bond acceptors (Lipinski definition) is 5. The summed E-state index contributed by atoms with van der Waals surface area (Å²) in [5.41, 5.74) is -0.0640. The van der Waals surface area contributed by atoms with E-state index in [0.717, 1.165) is 38.3 Å². The monoisotopic (exact) mass is 535 g/mol. The van der Waals surface area contributed by atoms with Crippen LogP contribution < -0.4 is 4.74 Å². The molecular weight excluding hydrogens is 501 g/mol. The van der Waals surface area contributed by atoms with E-state index in [2.05, 4.69) is 24.0 Å². The number of nitrogens with zero attached hydrogens (tertiary/aromatic N) is 5. The van der Waals surface area contributed by atoms with E-state index in [-0.39, 0.29) is 17.2 Å². The van der Waals surface area contributed by atoms with Crippen LogP contribution in [0.2, 0.25) is 10.0 Å². The first-order valence-corrected chi connectivity index (χ1v) is 13.4. The average molecular weight is 537 g/mol. The lowest BCUT2D eigenvalue weighted by Gasteiger charge is -2.42. The summed E-state index contributed by atoms with van der Waals surface area (Å²) >= 11 is 12.3. The van der Waals surface area contributed by atoms with Gasteiger partial charge in [0, 0.05) is 68.9 Å². The van der Waals surface area contributed by atoms with Crippen molar-refractivity contribution in [1.82, 2.24) is 24.5 Å². The van der Waals surface area contributed by atoms with Crippen molar-refractivity contribution in [3.63, 3.8) is 0 Å². The maximum absolute atomic E-state index is 13.3. The molecule has 8 nitrogen and oxygen atoms in total. The first kappa shape index (κ1) is 26.8. The molecule has 0 N–H and O–H groups in total. The van der Waals surface area contributed by atoms with Crippen LogP contribution in [0.15, 0.2) is 30.5 Å². The van der Waals surface area contributed by atoms with Crippen molar-refractivity contribution in [2.24, 2.45) is 5.41 Å². The maximum Gasteiger partial charge on any atom is 0.275 e. The first-order valence-electron chi connectivity index (χ1n) is 12.7. The lowest BCUT2D eigenvalue weighted by molar-refractivity contribution is -0.136. The molecule has 0 atom stereocenters. The van der Waals surface area contributed by atoms with E-state index in [0.29, 0.717) is 61.2 Å². The van der Waals surface area contributed by atoms with Gasteiger partial charge in [0.05, 0.1) is 11.6 Å². The highest BCUT2D eigenvalue weighted by Gasteiger charge is 2.40. The molecule has 0 bridgehead atoms. The number of piperazine rings is 1. The summed E-state index contributed by atoms with van der Waals surface area (Å²) < 4.78 is 7.88. The molecule has 196 valence electrons. The van der Waals surface area contributed by atoms with Crippen LogP contribution in [0.1, 0.15) is 43.1 Å². The summed E-state index contributed by atoms with van der Waals surface area (Å²) in [6.07, 6.45) is 4.35. The third-order valence-corrected chi connectivity index (χ3v) is 7.75. The SMILES string of the molecule is CCCn1cc(Cl)c(C(=O)N2CCC(COc3ccc(Cl)cc3)(CC(=O)N3CCN(C)CC3)CC2)n1. The van der Waals surface area contributed by atoms with Gasteiger partial charge in [0.15, 0.2) is 5.69 Å². The van der Waals surface area contributed by atoms with Crippen LogP contribution in [-0.4, -0.2) is 89.2 Å². The van der Waals surface area contributed by atoms with Crippen molar-refractivity contribution in [2.75, 3.05) is 52.9 Å². The number of carbonyl (C=O) groups excluding carboxylic acids is 2. The standard InChI is InChI=1S/C26H35Cl2N5O3/c1-3-10-33-18-22(28)24(29-33)25(35)32-11-8-26(9-12-32,19-36-21-6-4-20(27)5-7-21)17-23(34)31-15-13-30(2)14-16-31/h4-7,18H,3,8-17,19H2,1-2H3. The van der Waals surface area contributed by atoms with Crippen molar-refractivity contribution in [2.45, 2.75) is 39.2 Å². The zero-order valence-corrected chi connectivity index (χ0v) is 22.6. The molecule has 2 aliphatic rings. The lowest BCUT2D eigenvalue weighted by Crippen LogP contribution is -2.51. The van der Waals surface area contributed by atoms with E-state index in [1.165, 1.54) is 0 Å². The van der Waals surface area contributed by atoms with Crippen molar-refractivity contribution >= 4 is 35.0 Å². The molecule has 0 radical (unpaired) electrons. The molecule has 1 aromatic carbocycles. The van der Waals surface area contributed by atoms with Gasteiger partial charge in [0.25, 0.3) is 5.91 Å². The molecule has 3 heterocycles. The van der Waals surface area contributed by atoms with Crippen molar-refractivity contribution in [3.8, 4) is 5.75 Å². The molecule has 10 heteroatoms. The van der Waals surface area contributed by atoms with Gasteiger partial charge in [0.2, 0.25) is 5.91 Å². The van der Waals surface area contributed by atoms with Gasteiger partial charge in [-0.3, -0.25) is 14.3 Å². The Balaban J connectivity index is 1.44. The van der Waals surface area contributed by atoms with Gasteiger partial charge >= 0.3 is 0 Å². The number of ether oxygens (including phenoxy) is 1. The van der Waals surface area contributed by atoms with Crippen LogP contribution in [0, 0.1) is 5.41 Å². The zero-order valence-electron chi connectivity index (χ0n) is 21.1. The van der Waals surface area contributed by atoms with Gasteiger partial charge in [-0.25, -0.2) is 0 Å². The van der Waals surface area contributed by atoms with E-state index in [9.17, 15) is 9.59 Å². The summed E-state index contributed by atoms with van der Waals surface area (Å²) in [5, 5.41) is 5.43. The third kappa shape index (κ3) is 6.52. The molecule has 0 spiro atoms. The fourth-order valence-corrected chi connectivity index (χ4v) is 5.20. The molecule has 0 aliphatic carbocycles. The molecule has 2 fully saturated rings. The van der Waals surface area contributed by atoms with Crippen molar-refractivity contribution in [3.05, 3.63) is 46.2 Å². The maximum atomic E-state index is 13.3. The third-order valence-electron chi connectivity index (χ3n) is 7.22. The molecule has 2 aromatic rings. The highest BCUT2D eigenvalue weighted by atomic mass is 35.5. The van der Waals surface area contributed by atoms with Crippen molar-refractivity contribution < 1.29 is 14.3 Å². The number of likely N-dealkylation sites (tertiary alicyclic amines) is 1. The Hall–Kier alpha value is -2.29. The summed E-state index contributed by atoms with van der Waals surface area (Å²) in [6, 6.07) is 7.26. The molecular formula is C26H35Cl2N5O3. The Morgan fingerprint density at radius 2 is 1.67 bits per heavy atom. The van der Waals surface area contributed by atoms with Crippen LogP contribution in [0.3, 0.4) is 0 Å². The minimum atomic E-state index is -0.359. The van der Waals surface area contributed by atoms with E-state index in [1.54, 1.807) is 27.9 Å². The summed E-state index contributed by atoms with van der Waals surface area (Å²) in [7, 11) is 2.08. The quantitative estimate of drug-likeness (QED) is 0.509. The number of aryl methyl sites for hydroxylation is 1. The lowest BCUT2D eigenvalue weighted by atomic mass is 9.75. The summed E-state index contributed by atoms with van der Waals surface area (Å²) in [6.45, 7) is 7.47. The predicted molar refractivity (Wildman–Crippen MR) is 141 cm³/mol. The topological polar surface area (TPSA) is 70.9 Å². The molecule has 2 aliphatic heterocycles. The first-order chi connectivity index (χ1) is 17.3. The number of likely N-dealkylation sites (N-methyl/N-ethyl adjacent to an activating group) is 1. The predicted octanol–water partition coefficient (Wildman–Crippen LogP) is 4.07. The Kier molecular flexibility index (Phi) is 8.80. The molecule has 0 saturated carbocycles. The van der Waals surface area contributed by atoms with Crippen LogP contribution in [0.25, 0.3) is 0 Å². The second kappa shape index (κ2) is 11.8. The Morgan fingerprint density at radius 3 is 2.31 bits per heavy atom. The number of hydrogen-bond donors (Lipinski definition) is 0. The van der Waals surface area contributed by atoms with Gasteiger partial charge in [-0.15, -0.1) is 0 Å². The van der Waals surface area contributed by atoms with Gasteiger partial charge in [-0.1, -0.05) is 30.1 Å². The van der Waals surface area contributed by atoms with Crippen LogP contribution in [-0.2, 0) is 11.3 Å². The number of piperidine rings is 1. The second-order valence-electron chi connectivity index (χ2n) is 9.98. The number of amides is 2. The minimum absolute atomic E-state index is 0.156. The molecule has 2 saturated heterocycles. The summed E-state index contributed by atoms with van der Waals surface area (Å²) in [4.78, 5) is 32.5. The second-order valence-corrected chi connectivity index (χ2v) is 10.8. The molecule has 0 unspecified atom stereocenters. The number of benzene rings is 1. The fourth-order valence-electron chi connectivity index (χ4n) is 4.85. The van der Waals surface area contributed by atoms with Gasteiger partial charge < -0.3 is 19.4 Å². The Morgan fingerprint density at radius 1 is 1.00 bits per heavy atom. The smallest absolute Gasteiger partial charge is 0.275 e. The number of rotatable bonds is 8. The van der Waals surface area contributed by atoms with E-state index >= 15 is 0 Å². The molecule has 36 heavy (non-hydrogen) atoms. The van der Waals surface area contributed by atoms with E-state index in [4.69, 9.17) is 27.9 Å². The number of halogens is 2. The average Bonchev–Trinajstić information content (AvgIpc) is 3.24. The molecule has 4 rings (SSSR count). The van der Waals surface area contributed by atoms with E-state index in [1.807, 2.05) is 17.0 Å². The molecule has 1 aromatic heterocycles. The largest absolute Gasteiger partial charge is 0.493 e. The van der Waals surface area contributed by atoms with Gasteiger partial charge in [0.1, 0.15) is 5.75 Å². The Labute approximate surface area is 223 Å². The van der Waals surface area contributed by atoms with Crippen LogP contribution >= 0.6 is 23.2 Å². The van der Waals surface area contributed by atoms with Crippen molar-refractivity contribution in [1.29, 1.82) is 0 Å².